The fourth-order valence-corrected chi connectivity index (χ4v) is 2.24. The van der Waals surface area contributed by atoms with Crippen LogP contribution >= 0.6 is 0 Å². The average molecular weight is 234 g/mol. The number of hydrogen-bond acceptors (Lipinski definition) is 4. The van der Waals surface area contributed by atoms with E-state index in [-0.39, 0.29) is 6.04 Å². The number of morpholine rings is 1. The highest BCUT2D eigenvalue weighted by Gasteiger charge is 2.25. The normalized spacial score (nSPS) is 18.9. The Bertz CT molecular complexity index is 415. The van der Waals surface area contributed by atoms with E-state index in [2.05, 4.69) is 23.0 Å². The quantitative estimate of drug-likeness (QED) is 0.779. The third kappa shape index (κ3) is 2.48. The summed E-state index contributed by atoms with van der Waals surface area (Å²) in [5.74, 6) is 0. The maximum atomic E-state index is 9.39. The number of nitrogens with zero attached hydrogens (tertiary/aromatic N) is 4. The van der Waals surface area contributed by atoms with Crippen molar-refractivity contribution in [2.24, 2.45) is 7.05 Å². The van der Waals surface area contributed by atoms with Crippen molar-refractivity contribution in [1.29, 1.82) is 5.26 Å². The number of rotatable bonds is 3. The summed E-state index contributed by atoms with van der Waals surface area (Å²) in [6.07, 6.45) is 2.82. The molecule has 1 aliphatic rings. The molecule has 2 rings (SSSR count). The minimum atomic E-state index is -0.192. The molecule has 1 atom stereocenters. The predicted octanol–water partition coefficient (Wildman–Crippen LogP) is 0.879. The Labute approximate surface area is 102 Å². The van der Waals surface area contributed by atoms with Crippen LogP contribution in [0.15, 0.2) is 6.20 Å². The second-order valence-corrected chi connectivity index (χ2v) is 4.24. The van der Waals surface area contributed by atoms with Crippen LogP contribution in [0.5, 0.6) is 0 Å². The maximum Gasteiger partial charge on any atom is 0.127 e. The Hall–Kier alpha value is -1.38. The first-order valence-electron chi connectivity index (χ1n) is 6.00. The van der Waals surface area contributed by atoms with E-state index in [9.17, 15) is 5.26 Å². The van der Waals surface area contributed by atoms with Crippen LogP contribution in [-0.4, -0.2) is 41.0 Å². The van der Waals surface area contributed by atoms with Gasteiger partial charge in [0, 0.05) is 31.9 Å². The number of hydrogen-bond donors (Lipinski definition) is 0. The predicted molar refractivity (Wildman–Crippen MR) is 63.3 cm³/mol. The third-order valence-electron chi connectivity index (χ3n) is 3.10. The highest BCUT2D eigenvalue weighted by atomic mass is 16.5. The first kappa shape index (κ1) is 12.1. The third-order valence-corrected chi connectivity index (χ3v) is 3.10. The second-order valence-electron chi connectivity index (χ2n) is 4.24. The molecule has 5 nitrogen and oxygen atoms in total. The van der Waals surface area contributed by atoms with Crippen molar-refractivity contribution >= 4 is 0 Å². The van der Waals surface area contributed by atoms with Gasteiger partial charge in [-0.1, -0.05) is 6.92 Å². The molecule has 5 heteroatoms. The van der Waals surface area contributed by atoms with E-state index in [4.69, 9.17) is 4.74 Å². The van der Waals surface area contributed by atoms with Crippen LogP contribution in [0.4, 0.5) is 0 Å². The monoisotopic (exact) mass is 234 g/mol. The molecule has 1 aliphatic heterocycles. The molecule has 17 heavy (non-hydrogen) atoms. The van der Waals surface area contributed by atoms with E-state index in [0.29, 0.717) is 13.2 Å². The molecule has 1 unspecified atom stereocenters. The Kier molecular flexibility index (Phi) is 3.77. The molecule has 2 heterocycles. The van der Waals surface area contributed by atoms with E-state index in [1.54, 1.807) is 4.68 Å². The molecule has 0 radical (unpaired) electrons. The van der Waals surface area contributed by atoms with Gasteiger partial charge in [-0.2, -0.15) is 10.4 Å². The molecule has 0 spiro atoms. The smallest absolute Gasteiger partial charge is 0.127 e. The van der Waals surface area contributed by atoms with Gasteiger partial charge in [0.15, 0.2) is 0 Å². The lowest BCUT2D eigenvalue weighted by molar-refractivity contribution is 0.0265. The maximum absolute atomic E-state index is 9.39. The summed E-state index contributed by atoms with van der Waals surface area (Å²) in [4.78, 5) is 2.17. The molecule has 1 fully saturated rings. The summed E-state index contributed by atoms with van der Waals surface area (Å²) >= 11 is 0. The molecule has 1 aromatic heterocycles. The Morgan fingerprint density at radius 3 is 2.82 bits per heavy atom. The average Bonchev–Trinajstić information content (AvgIpc) is 2.73. The van der Waals surface area contributed by atoms with E-state index < -0.39 is 0 Å². The van der Waals surface area contributed by atoms with E-state index in [0.717, 1.165) is 30.8 Å². The molecule has 0 aliphatic carbocycles. The van der Waals surface area contributed by atoms with Crippen molar-refractivity contribution < 1.29 is 4.74 Å². The number of ether oxygens (including phenoxy) is 1. The summed E-state index contributed by atoms with van der Waals surface area (Å²) < 4.78 is 7.11. The van der Waals surface area contributed by atoms with Gasteiger partial charge in [-0.3, -0.25) is 9.58 Å². The van der Waals surface area contributed by atoms with E-state index >= 15 is 0 Å². The zero-order valence-corrected chi connectivity index (χ0v) is 10.4. The van der Waals surface area contributed by atoms with Gasteiger partial charge in [0.25, 0.3) is 0 Å². The Morgan fingerprint density at radius 1 is 1.53 bits per heavy atom. The molecule has 1 saturated heterocycles. The van der Waals surface area contributed by atoms with Gasteiger partial charge < -0.3 is 4.74 Å². The largest absolute Gasteiger partial charge is 0.379 e. The fraction of sp³-hybridized carbons (Fsp3) is 0.667. The van der Waals surface area contributed by atoms with Crippen LogP contribution in [0.3, 0.4) is 0 Å². The molecule has 0 aromatic carbocycles. The first-order chi connectivity index (χ1) is 8.26. The van der Waals surface area contributed by atoms with E-state index in [1.807, 2.05) is 13.2 Å². The van der Waals surface area contributed by atoms with Crippen LogP contribution in [0, 0.1) is 11.3 Å². The SMILES string of the molecule is CCc1nn(C)cc1C(C#N)N1CCOCC1. The summed E-state index contributed by atoms with van der Waals surface area (Å²) in [7, 11) is 1.90. The minimum Gasteiger partial charge on any atom is -0.379 e. The number of nitriles is 1. The standard InChI is InChI=1S/C12H18N4O/c1-3-11-10(9-15(2)14-11)12(8-13)16-4-6-17-7-5-16/h9,12H,3-7H2,1-2H3. The lowest BCUT2D eigenvalue weighted by Crippen LogP contribution is -2.38. The summed E-state index contributed by atoms with van der Waals surface area (Å²) in [5.41, 5.74) is 2.06. The lowest BCUT2D eigenvalue weighted by Gasteiger charge is -2.30. The molecule has 92 valence electrons. The molecule has 0 bridgehead atoms. The van der Waals surface area contributed by atoms with E-state index in [1.165, 1.54) is 0 Å². The highest BCUT2D eigenvalue weighted by molar-refractivity contribution is 5.26. The summed E-state index contributed by atoms with van der Waals surface area (Å²) in [6.45, 7) is 5.12. The molecule has 0 N–H and O–H groups in total. The van der Waals surface area contributed by atoms with Gasteiger partial charge in [0.05, 0.1) is 25.0 Å². The first-order valence-corrected chi connectivity index (χ1v) is 6.00. The summed E-state index contributed by atoms with van der Waals surface area (Å²) in [5, 5.41) is 13.8. The van der Waals surface area contributed by atoms with Crippen molar-refractivity contribution in [1.82, 2.24) is 14.7 Å². The van der Waals surface area contributed by atoms with Crippen LogP contribution in [0.1, 0.15) is 24.2 Å². The zero-order valence-electron chi connectivity index (χ0n) is 10.4. The van der Waals surface area contributed by atoms with Gasteiger partial charge in [-0.25, -0.2) is 0 Å². The molecular weight excluding hydrogens is 216 g/mol. The summed E-state index contributed by atoms with van der Waals surface area (Å²) in [6, 6.07) is 2.20. The van der Waals surface area contributed by atoms with Gasteiger partial charge in [0.2, 0.25) is 0 Å². The topological polar surface area (TPSA) is 54.1 Å². The van der Waals surface area contributed by atoms with Crippen molar-refractivity contribution in [3.8, 4) is 6.07 Å². The van der Waals surface area contributed by atoms with Crippen LogP contribution in [-0.2, 0) is 18.2 Å². The van der Waals surface area contributed by atoms with Gasteiger partial charge >= 0.3 is 0 Å². The van der Waals surface area contributed by atoms with Crippen LogP contribution in [0.25, 0.3) is 0 Å². The molecular formula is C12H18N4O. The highest BCUT2D eigenvalue weighted by Crippen LogP contribution is 2.24. The lowest BCUT2D eigenvalue weighted by atomic mass is 10.1. The molecule has 0 amide bonds. The molecule has 1 aromatic rings. The zero-order chi connectivity index (χ0) is 12.3. The fourth-order valence-electron chi connectivity index (χ4n) is 2.24. The van der Waals surface area contributed by atoms with Crippen molar-refractivity contribution in [3.63, 3.8) is 0 Å². The van der Waals surface area contributed by atoms with Crippen molar-refractivity contribution in [3.05, 3.63) is 17.5 Å². The Balaban J connectivity index is 2.24. The van der Waals surface area contributed by atoms with Crippen LogP contribution in [0.2, 0.25) is 0 Å². The van der Waals surface area contributed by atoms with Crippen molar-refractivity contribution in [2.45, 2.75) is 19.4 Å². The van der Waals surface area contributed by atoms with Crippen molar-refractivity contribution in [2.75, 3.05) is 26.3 Å². The van der Waals surface area contributed by atoms with Gasteiger partial charge in [-0.15, -0.1) is 0 Å². The van der Waals surface area contributed by atoms with Gasteiger partial charge in [0.1, 0.15) is 6.04 Å². The van der Waals surface area contributed by atoms with Crippen LogP contribution < -0.4 is 0 Å². The number of aryl methyl sites for hydroxylation is 2. The minimum absolute atomic E-state index is 0.192. The Morgan fingerprint density at radius 2 is 2.24 bits per heavy atom. The molecule has 0 saturated carbocycles. The second kappa shape index (κ2) is 5.30. The number of aromatic nitrogens is 2. The van der Waals surface area contributed by atoms with Gasteiger partial charge in [-0.05, 0) is 6.42 Å².